The Bertz CT molecular complexity index is 442. The first-order chi connectivity index (χ1) is 6.65. The second kappa shape index (κ2) is 3.38. The summed E-state index contributed by atoms with van der Waals surface area (Å²) in [6.45, 7) is 4.03. The number of anilines is 1. The first-order valence-electron chi connectivity index (χ1n) is 4.32. The fourth-order valence-corrected chi connectivity index (χ4v) is 1.93. The monoisotopic (exact) mass is 205 g/mol. The molecule has 0 aromatic carbocycles. The summed E-state index contributed by atoms with van der Waals surface area (Å²) >= 11 is 1.44. The van der Waals surface area contributed by atoms with Gasteiger partial charge in [0.1, 0.15) is 5.69 Å². The summed E-state index contributed by atoms with van der Waals surface area (Å²) in [6, 6.07) is 4.06. The highest BCUT2D eigenvalue weighted by atomic mass is 32.1. The Morgan fingerprint density at radius 1 is 1.14 bits per heavy atom. The van der Waals surface area contributed by atoms with Crippen LogP contribution in [0, 0.1) is 13.8 Å². The molecule has 0 atom stereocenters. The first kappa shape index (κ1) is 9.15. The van der Waals surface area contributed by atoms with E-state index < -0.39 is 0 Å². The Labute approximate surface area is 86.6 Å². The van der Waals surface area contributed by atoms with Crippen LogP contribution in [0.15, 0.2) is 17.5 Å². The van der Waals surface area contributed by atoms with Crippen molar-refractivity contribution in [2.75, 3.05) is 5.73 Å². The van der Waals surface area contributed by atoms with E-state index in [-0.39, 0.29) is 0 Å². The van der Waals surface area contributed by atoms with Gasteiger partial charge in [0.25, 0.3) is 0 Å². The highest BCUT2D eigenvalue weighted by molar-refractivity contribution is 7.13. The van der Waals surface area contributed by atoms with E-state index in [1.54, 1.807) is 0 Å². The Balaban J connectivity index is 2.51. The minimum atomic E-state index is 0.584. The highest BCUT2D eigenvalue weighted by Crippen LogP contribution is 2.22. The van der Waals surface area contributed by atoms with Crippen molar-refractivity contribution in [3.05, 3.63) is 28.8 Å². The van der Waals surface area contributed by atoms with E-state index in [4.69, 9.17) is 5.73 Å². The Morgan fingerprint density at radius 3 is 2.50 bits per heavy atom. The number of hydrogen-bond acceptors (Lipinski definition) is 4. The third kappa shape index (κ3) is 1.75. The third-order valence-electron chi connectivity index (χ3n) is 1.88. The van der Waals surface area contributed by atoms with Crippen LogP contribution in [0.5, 0.6) is 0 Å². The van der Waals surface area contributed by atoms with Gasteiger partial charge in [0.2, 0.25) is 0 Å². The van der Waals surface area contributed by atoms with E-state index in [1.165, 1.54) is 16.9 Å². The lowest BCUT2D eigenvalue weighted by Gasteiger charge is -2.00. The van der Waals surface area contributed by atoms with Gasteiger partial charge >= 0.3 is 0 Å². The molecular formula is C10H11N3S. The molecule has 0 saturated heterocycles. The van der Waals surface area contributed by atoms with Gasteiger partial charge in [-0.05, 0) is 31.5 Å². The number of pyridine rings is 1. The van der Waals surface area contributed by atoms with Gasteiger partial charge in [-0.25, -0.2) is 4.98 Å². The summed E-state index contributed by atoms with van der Waals surface area (Å²) in [6.07, 6.45) is 0. The van der Waals surface area contributed by atoms with Crippen molar-refractivity contribution in [2.24, 2.45) is 0 Å². The zero-order chi connectivity index (χ0) is 10.1. The number of thiazole rings is 1. The average molecular weight is 205 g/mol. The molecule has 0 aliphatic heterocycles. The van der Waals surface area contributed by atoms with E-state index in [0.29, 0.717) is 5.13 Å². The Morgan fingerprint density at radius 2 is 1.93 bits per heavy atom. The third-order valence-corrected chi connectivity index (χ3v) is 2.56. The molecule has 0 bridgehead atoms. The van der Waals surface area contributed by atoms with Crippen LogP contribution in [0.25, 0.3) is 11.4 Å². The van der Waals surface area contributed by atoms with E-state index in [9.17, 15) is 0 Å². The van der Waals surface area contributed by atoms with Crippen LogP contribution in [-0.2, 0) is 0 Å². The van der Waals surface area contributed by atoms with Crippen LogP contribution in [0.2, 0.25) is 0 Å². The molecule has 0 amide bonds. The summed E-state index contributed by atoms with van der Waals surface area (Å²) in [5, 5.41) is 2.51. The van der Waals surface area contributed by atoms with Crippen LogP contribution in [0.4, 0.5) is 5.13 Å². The van der Waals surface area contributed by atoms with Gasteiger partial charge in [0.05, 0.1) is 5.69 Å². The van der Waals surface area contributed by atoms with Crippen molar-refractivity contribution in [3.8, 4) is 11.4 Å². The normalized spacial score (nSPS) is 10.4. The number of nitrogens with zero attached hydrogens (tertiary/aromatic N) is 2. The molecule has 0 unspecified atom stereocenters. The van der Waals surface area contributed by atoms with Gasteiger partial charge in [-0.3, -0.25) is 4.98 Å². The largest absolute Gasteiger partial charge is 0.375 e. The predicted octanol–water partition coefficient (Wildman–Crippen LogP) is 2.40. The summed E-state index contributed by atoms with van der Waals surface area (Å²) in [7, 11) is 0. The standard InChI is InChI=1S/C10H11N3S/c1-6-3-7(2)12-8(4-6)9-5-14-10(11)13-9/h3-5H,1-2H3,(H2,11,13). The number of aromatic nitrogens is 2. The number of nitrogen functional groups attached to an aromatic ring is 1. The Kier molecular flexibility index (Phi) is 2.21. The summed E-state index contributed by atoms with van der Waals surface area (Å²) < 4.78 is 0. The van der Waals surface area contributed by atoms with Crippen LogP contribution in [0.3, 0.4) is 0 Å². The molecule has 72 valence electrons. The number of nitrogens with two attached hydrogens (primary N) is 1. The molecule has 0 aliphatic carbocycles. The maximum Gasteiger partial charge on any atom is 0.180 e. The zero-order valence-electron chi connectivity index (χ0n) is 8.11. The molecular weight excluding hydrogens is 194 g/mol. The number of aryl methyl sites for hydroxylation is 2. The van der Waals surface area contributed by atoms with Crippen molar-refractivity contribution < 1.29 is 0 Å². The molecule has 4 heteroatoms. The molecule has 0 fully saturated rings. The molecule has 2 rings (SSSR count). The fraction of sp³-hybridized carbons (Fsp3) is 0.200. The van der Waals surface area contributed by atoms with Crippen LogP contribution >= 0.6 is 11.3 Å². The van der Waals surface area contributed by atoms with E-state index in [0.717, 1.165) is 17.1 Å². The fourth-order valence-electron chi connectivity index (χ4n) is 1.38. The SMILES string of the molecule is Cc1cc(C)nc(-c2csc(N)n2)c1. The maximum atomic E-state index is 5.57. The van der Waals surface area contributed by atoms with E-state index >= 15 is 0 Å². The first-order valence-corrected chi connectivity index (χ1v) is 5.20. The van der Waals surface area contributed by atoms with E-state index in [1.807, 2.05) is 31.4 Å². The average Bonchev–Trinajstić information content (AvgIpc) is 2.50. The quantitative estimate of drug-likeness (QED) is 0.777. The van der Waals surface area contributed by atoms with Crippen LogP contribution in [0.1, 0.15) is 11.3 Å². The summed E-state index contributed by atoms with van der Waals surface area (Å²) in [5.74, 6) is 0. The Hall–Kier alpha value is -1.42. The molecule has 0 aliphatic rings. The number of hydrogen-bond donors (Lipinski definition) is 1. The van der Waals surface area contributed by atoms with Crippen LogP contribution < -0.4 is 5.73 Å². The molecule has 0 radical (unpaired) electrons. The second-order valence-corrected chi connectivity index (χ2v) is 4.13. The molecule has 2 aromatic rings. The topological polar surface area (TPSA) is 51.8 Å². The van der Waals surface area contributed by atoms with E-state index in [2.05, 4.69) is 9.97 Å². The lowest BCUT2D eigenvalue weighted by Crippen LogP contribution is -1.89. The molecule has 0 saturated carbocycles. The minimum Gasteiger partial charge on any atom is -0.375 e. The molecule has 2 N–H and O–H groups in total. The number of rotatable bonds is 1. The minimum absolute atomic E-state index is 0.584. The second-order valence-electron chi connectivity index (χ2n) is 3.24. The van der Waals surface area contributed by atoms with Gasteiger partial charge < -0.3 is 5.73 Å². The predicted molar refractivity (Wildman–Crippen MR) is 59.2 cm³/mol. The molecule has 2 heterocycles. The van der Waals surface area contributed by atoms with Crippen molar-refractivity contribution in [2.45, 2.75) is 13.8 Å². The van der Waals surface area contributed by atoms with Crippen LogP contribution in [-0.4, -0.2) is 9.97 Å². The molecule has 0 spiro atoms. The summed E-state index contributed by atoms with van der Waals surface area (Å²) in [4.78, 5) is 8.60. The van der Waals surface area contributed by atoms with Gasteiger partial charge in [0, 0.05) is 11.1 Å². The molecule has 3 nitrogen and oxygen atoms in total. The van der Waals surface area contributed by atoms with Gasteiger partial charge in [-0.2, -0.15) is 0 Å². The lowest BCUT2D eigenvalue weighted by molar-refractivity contribution is 1.17. The maximum absolute atomic E-state index is 5.57. The van der Waals surface area contributed by atoms with Crippen molar-refractivity contribution in [3.63, 3.8) is 0 Å². The van der Waals surface area contributed by atoms with Crippen molar-refractivity contribution in [1.29, 1.82) is 0 Å². The molecule has 14 heavy (non-hydrogen) atoms. The van der Waals surface area contributed by atoms with Gasteiger partial charge in [-0.1, -0.05) is 0 Å². The summed E-state index contributed by atoms with van der Waals surface area (Å²) in [5.41, 5.74) is 9.53. The smallest absolute Gasteiger partial charge is 0.180 e. The van der Waals surface area contributed by atoms with Gasteiger partial charge in [0.15, 0.2) is 5.13 Å². The van der Waals surface area contributed by atoms with Crippen molar-refractivity contribution in [1.82, 2.24) is 9.97 Å². The highest BCUT2D eigenvalue weighted by Gasteiger charge is 2.04. The lowest BCUT2D eigenvalue weighted by atomic mass is 10.2. The molecule has 2 aromatic heterocycles. The van der Waals surface area contributed by atoms with Crippen molar-refractivity contribution >= 4 is 16.5 Å². The van der Waals surface area contributed by atoms with Gasteiger partial charge in [-0.15, -0.1) is 11.3 Å². The zero-order valence-corrected chi connectivity index (χ0v) is 8.93.